The van der Waals surface area contributed by atoms with E-state index in [-0.39, 0.29) is 6.04 Å². The molecule has 1 atom stereocenters. The summed E-state index contributed by atoms with van der Waals surface area (Å²) in [4.78, 5) is 4.71. The Morgan fingerprint density at radius 3 is 2.78 bits per heavy atom. The molecule has 96 valence electrons. The summed E-state index contributed by atoms with van der Waals surface area (Å²) in [7, 11) is 0. The van der Waals surface area contributed by atoms with Gasteiger partial charge in [-0.2, -0.15) is 10.4 Å². The van der Waals surface area contributed by atoms with Crippen LogP contribution in [0.5, 0.6) is 0 Å². The second kappa shape index (κ2) is 6.85. The normalized spacial score (nSPS) is 20.4. The van der Waals surface area contributed by atoms with E-state index in [1.807, 2.05) is 6.92 Å². The molecule has 1 rings (SSSR count). The van der Waals surface area contributed by atoms with Gasteiger partial charge in [-0.1, -0.05) is 26.3 Å². The highest BCUT2D eigenvalue weighted by molar-refractivity contribution is 6.05. The fourth-order valence-corrected chi connectivity index (χ4v) is 2.17. The molecule has 0 aliphatic carbocycles. The van der Waals surface area contributed by atoms with Crippen molar-refractivity contribution in [2.45, 2.75) is 52.5 Å². The third-order valence-electron chi connectivity index (χ3n) is 3.11. The van der Waals surface area contributed by atoms with Gasteiger partial charge in [0.25, 0.3) is 0 Å². The van der Waals surface area contributed by atoms with Crippen molar-refractivity contribution in [3.05, 3.63) is 22.9 Å². The Morgan fingerprint density at radius 1 is 1.61 bits per heavy atom. The summed E-state index contributed by atoms with van der Waals surface area (Å²) < 4.78 is 0. The zero-order chi connectivity index (χ0) is 13.5. The molecule has 4 heteroatoms. The number of dihydropyridines is 1. The van der Waals surface area contributed by atoms with Crippen molar-refractivity contribution in [3.63, 3.8) is 0 Å². The molecule has 4 nitrogen and oxygen atoms in total. The topological polar surface area (TPSA) is 72.4 Å². The summed E-state index contributed by atoms with van der Waals surface area (Å²) in [6, 6.07) is 2.47. The van der Waals surface area contributed by atoms with E-state index >= 15 is 0 Å². The SMILES string of the molecule is CC=C(N=N)C1=C(C#N)CC(CC)N=C1CCC. The molecule has 0 spiro atoms. The van der Waals surface area contributed by atoms with Gasteiger partial charge in [0, 0.05) is 23.3 Å². The molecule has 0 bridgehead atoms. The first-order chi connectivity index (χ1) is 8.71. The largest absolute Gasteiger partial charge is 0.285 e. The zero-order valence-corrected chi connectivity index (χ0v) is 11.3. The molecule has 0 aromatic carbocycles. The third-order valence-corrected chi connectivity index (χ3v) is 3.11. The maximum atomic E-state index is 9.31. The van der Waals surface area contributed by atoms with Gasteiger partial charge in [-0.25, -0.2) is 5.53 Å². The Kier molecular flexibility index (Phi) is 5.44. The second-order valence-electron chi connectivity index (χ2n) is 4.34. The average molecular weight is 244 g/mol. The van der Waals surface area contributed by atoms with Gasteiger partial charge in [0.1, 0.15) is 0 Å². The molecule has 1 aliphatic heterocycles. The lowest BCUT2D eigenvalue weighted by Gasteiger charge is -2.22. The van der Waals surface area contributed by atoms with E-state index in [2.05, 4.69) is 25.0 Å². The lowest BCUT2D eigenvalue weighted by Crippen LogP contribution is -2.19. The van der Waals surface area contributed by atoms with Crippen molar-refractivity contribution in [2.75, 3.05) is 0 Å². The van der Waals surface area contributed by atoms with Crippen LogP contribution < -0.4 is 0 Å². The Balaban J connectivity index is 3.29. The number of hydrogen-bond donors (Lipinski definition) is 1. The van der Waals surface area contributed by atoms with Gasteiger partial charge in [-0.3, -0.25) is 4.99 Å². The standard InChI is InChI=1S/C14H20N4/c1-4-7-13-14(12(6-3)18-16)10(9-15)8-11(5-2)17-13/h6,11,16H,4-5,7-8H2,1-3H3. The first-order valence-electron chi connectivity index (χ1n) is 6.46. The van der Waals surface area contributed by atoms with Gasteiger partial charge in [0.05, 0.1) is 17.8 Å². The highest BCUT2D eigenvalue weighted by Crippen LogP contribution is 2.29. The monoisotopic (exact) mass is 244 g/mol. The summed E-state index contributed by atoms with van der Waals surface area (Å²) in [5.74, 6) is 0. The van der Waals surface area contributed by atoms with Crippen LogP contribution in [0.15, 0.2) is 33.0 Å². The highest BCUT2D eigenvalue weighted by Gasteiger charge is 2.24. The number of aliphatic imine (C=N–C) groups is 1. The lowest BCUT2D eigenvalue weighted by atomic mass is 9.89. The first kappa shape index (κ1) is 14.3. The van der Waals surface area contributed by atoms with Crippen molar-refractivity contribution in [3.8, 4) is 6.07 Å². The van der Waals surface area contributed by atoms with E-state index in [1.54, 1.807) is 6.08 Å². The molecular formula is C14H20N4. The highest BCUT2D eigenvalue weighted by atomic mass is 15.0. The number of nitrogens with one attached hydrogen (secondary N) is 1. The van der Waals surface area contributed by atoms with Gasteiger partial charge in [-0.15, -0.1) is 0 Å². The van der Waals surface area contributed by atoms with Crippen LogP contribution in [0.3, 0.4) is 0 Å². The fourth-order valence-electron chi connectivity index (χ4n) is 2.17. The summed E-state index contributed by atoms with van der Waals surface area (Å²) in [5.41, 5.74) is 10.3. The molecule has 0 aromatic rings. The molecule has 18 heavy (non-hydrogen) atoms. The lowest BCUT2D eigenvalue weighted by molar-refractivity contribution is 0.638. The molecule has 1 heterocycles. The Morgan fingerprint density at radius 2 is 2.33 bits per heavy atom. The van der Waals surface area contributed by atoms with E-state index < -0.39 is 0 Å². The molecule has 1 unspecified atom stereocenters. The Labute approximate surface area is 109 Å². The second-order valence-corrected chi connectivity index (χ2v) is 4.34. The predicted molar refractivity (Wildman–Crippen MR) is 72.6 cm³/mol. The number of nitriles is 1. The molecule has 1 N–H and O–H groups in total. The molecular weight excluding hydrogens is 224 g/mol. The molecule has 0 aromatic heterocycles. The third kappa shape index (κ3) is 2.92. The predicted octanol–water partition coefficient (Wildman–Crippen LogP) is 4.16. The fraction of sp³-hybridized carbons (Fsp3) is 0.571. The first-order valence-corrected chi connectivity index (χ1v) is 6.46. The van der Waals surface area contributed by atoms with Crippen LogP contribution in [0.25, 0.3) is 0 Å². The minimum atomic E-state index is 0.203. The quantitative estimate of drug-likeness (QED) is 0.724. The van der Waals surface area contributed by atoms with E-state index in [0.717, 1.165) is 36.1 Å². The summed E-state index contributed by atoms with van der Waals surface area (Å²) in [6.07, 6.45) is 5.20. The van der Waals surface area contributed by atoms with E-state index in [9.17, 15) is 5.26 Å². The van der Waals surface area contributed by atoms with Gasteiger partial charge in [-0.05, 0) is 19.8 Å². The van der Waals surface area contributed by atoms with Crippen molar-refractivity contribution >= 4 is 5.71 Å². The number of nitrogens with zero attached hydrogens (tertiary/aromatic N) is 3. The Hall–Kier alpha value is -1.76. The molecule has 1 aliphatic rings. The van der Waals surface area contributed by atoms with Crippen molar-refractivity contribution in [1.82, 2.24) is 0 Å². The number of hydrogen-bond acceptors (Lipinski definition) is 4. The smallest absolute Gasteiger partial charge is 0.0955 e. The summed E-state index contributed by atoms with van der Waals surface area (Å²) in [5, 5.41) is 12.8. The van der Waals surface area contributed by atoms with Gasteiger partial charge < -0.3 is 0 Å². The molecule has 0 saturated carbocycles. The summed E-state index contributed by atoms with van der Waals surface area (Å²) >= 11 is 0. The molecule has 0 fully saturated rings. The van der Waals surface area contributed by atoms with E-state index in [0.29, 0.717) is 12.1 Å². The van der Waals surface area contributed by atoms with Crippen LogP contribution in [0.1, 0.15) is 46.5 Å². The van der Waals surface area contributed by atoms with Crippen LogP contribution in [0.2, 0.25) is 0 Å². The maximum absolute atomic E-state index is 9.31. The molecule has 0 amide bonds. The van der Waals surface area contributed by atoms with Crippen molar-refractivity contribution in [2.24, 2.45) is 10.1 Å². The summed E-state index contributed by atoms with van der Waals surface area (Å²) in [6.45, 7) is 6.02. The molecule has 0 radical (unpaired) electrons. The van der Waals surface area contributed by atoms with Gasteiger partial charge >= 0.3 is 0 Å². The van der Waals surface area contributed by atoms with Crippen LogP contribution in [-0.2, 0) is 0 Å². The van der Waals surface area contributed by atoms with Gasteiger partial charge in [0.2, 0.25) is 0 Å². The van der Waals surface area contributed by atoms with Gasteiger partial charge in [0.15, 0.2) is 0 Å². The van der Waals surface area contributed by atoms with Crippen LogP contribution in [0, 0.1) is 16.9 Å². The number of rotatable bonds is 5. The Bertz CT molecular complexity index is 449. The van der Waals surface area contributed by atoms with E-state index in [4.69, 9.17) is 10.5 Å². The zero-order valence-electron chi connectivity index (χ0n) is 11.3. The van der Waals surface area contributed by atoms with Crippen LogP contribution in [0.4, 0.5) is 0 Å². The minimum Gasteiger partial charge on any atom is -0.285 e. The maximum Gasteiger partial charge on any atom is 0.0955 e. The van der Waals surface area contributed by atoms with Crippen LogP contribution >= 0.6 is 0 Å². The molecule has 0 saturated heterocycles. The van der Waals surface area contributed by atoms with Crippen LogP contribution in [-0.4, -0.2) is 11.8 Å². The average Bonchev–Trinajstić information content (AvgIpc) is 2.41. The minimum absolute atomic E-state index is 0.203. The van der Waals surface area contributed by atoms with Crippen molar-refractivity contribution < 1.29 is 0 Å². The number of allylic oxidation sites excluding steroid dienone is 2. The van der Waals surface area contributed by atoms with E-state index in [1.165, 1.54) is 0 Å². The van der Waals surface area contributed by atoms with Crippen molar-refractivity contribution in [1.29, 1.82) is 10.8 Å².